The summed E-state index contributed by atoms with van der Waals surface area (Å²) in [6, 6.07) is 0. The van der Waals surface area contributed by atoms with E-state index in [1.54, 1.807) is 0 Å². The fourth-order valence-electron chi connectivity index (χ4n) is 0.289. The Bertz CT molecular complexity index is 55.2. The van der Waals surface area contributed by atoms with Gasteiger partial charge in [-0.2, -0.15) is 0 Å². The maximum absolute atomic E-state index is 2.25. The van der Waals surface area contributed by atoms with E-state index in [1.165, 1.54) is 5.75 Å². The Morgan fingerprint density at radius 2 is 2.00 bits per heavy atom. The molecule has 0 aliphatic rings. The molecule has 0 unspecified atom stereocenters. The number of rotatable bonds is 2. The summed E-state index contributed by atoms with van der Waals surface area (Å²) in [5.74, 6) is 1.25. The lowest BCUT2D eigenvalue weighted by Crippen LogP contribution is -1.96. The molecule has 0 aromatic heterocycles. The van der Waals surface area contributed by atoms with Gasteiger partial charge in [0.25, 0.3) is 0 Å². The summed E-state index contributed by atoms with van der Waals surface area (Å²) in [6.07, 6.45) is 8.82. The van der Waals surface area contributed by atoms with Crippen LogP contribution >= 0.6 is 0 Å². The molecule has 0 heterocycles. The van der Waals surface area contributed by atoms with Gasteiger partial charge in [-0.05, 0) is 23.9 Å². The minimum Gasteiger partial charge on any atom is -0.0870 e. The third-order valence-corrected chi connectivity index (χ3v) is 1.52. The van der Waals surface area contributed by atoms with Gasteiger partial charge in [0.1, 0.15) is 5.75 Å². The highest BCUT2D eigenvalue weighted by Crippen LogP contribution is 1.83. The molecule has 0 saturated carbocycles. The Labute approximate surface area is 49.0 Å². The largest absolute Gasteiger partial charge is 0.125 e. The topological polar surface area (TPSA) is 0 Å². The molecule has 0 N–H and O–H groups in total. The summed E-state index contributed by atoms with van der Waals surface area (Å²) in [5.41, 5.74) is 0. The van der Waals surface area contributed by atoms with Crippen molar-refractivity contribution in [2.45, 2.75) is 6.92 Å². The predicted octanol–water partition coefficient (Wildman–Crippen LogP) is 1.44. The van der Waals surface area contributed by atoms with Crippen molar-refractivity contribution in [1.82, 2.24) is 0 Å². The summed E-state index contributed by atoms with van der Waals surface area (Å²) < 4.78 is 0. The van der Waals surface area contributed by atoms with Crippen LogP contribution in [-0.4, -0.2) is 18.3 Å². The van der Waals surface area contributed by atoms with Gasteiger partial charge in [0.05, 0.1) is 12.5 Å². The smallest absolute Gasteiger partial charge is 0.0870 e. The van der Waals surface area contributed by atoms with Crippen LogP contribution in [0.3, 0.4) is 0 Å². The SMILES string of the molecule is C/C=C/C[S+](C)C. The van der Waals surface area contributed by atoms with E-state index in [2.05, 4.69) is 31.6 Å². The molecule has 0 fully saturated rings. The summed E-state index contributed by atoms with van der Waals surface area (Å²) in [7, 11) is 0.598. The summed E-state index contributed by atoms with van der Waals surface area (Å²) >= 11 is 0. The first-order valence-electron chi connectivity index (χ1n) is 2.42. The third-order valence-electron chi connectivity index (χ3n) is 0.665. The van der Waals surface area contributed by atoms with E-state index in [0.717, 1.165) is 0 Å². The first-order chi connectivity index (χ1) is 3.27. The molecular formula is C6H13S+. The molecule has 0 saturated heterocycles. The second kappa shape index (κ2) is 4.25. The van der Waals surface area contributed by atoms with Crippen molar-refractivity contribution in [2.24, 2.45) is 0 Å². The van der Waals surface area contributed by atoms with Gasteiger partial charge in [-0.3, -0.25) is 0 Å². The normalized spacial score (nSPS) is 11.4. The second-order valence-electron chi connectivity index (χ2n) is 1.72. The highest BCUT2D eigenvalue weighted by atomic mass is 32.2. The second-order valence-corrected chi connectivity index (χ2v) is 4.03. The van der Waals surface area contributed by atoms with Gasteiger partial charge in [-0.1, -0.05) is 6.08 Å². The van der Waals surface area contributed by atoms with Crippen LogP contribution in [0.2, 0.25) is 0 Å². The van der Waals surface area contributed by atoms with E-state index >= 15 is 0 Å². The monoisotopic (exact) mass is 117 g/mol. The van der Waals surface area contributed by atoms with Crippen LogP contribution in [-0.2, 0) is 10.9 Å². The van der Waals surface area contributed by atoms with E-state index in [1.807, 2.05) is 0 Å². The van der Waals surface area contributed by atoms with Gasteiger partial charge in [0.15, 0.2) is 0 Å². The first kappa shape index (κ1) is 7.09. The molecule has 0 aliphatic heterocycles. The maximum atomic E-state index is 2.25. The predicted molar refractivity (Wildman–Crippen MR) is 38.9 cm³/mol. The molecule has 0 rings (SSSR count). The van der Waals surface area contributed by atoms with Gasteiger partial charge in [0, 0.05) is 0 Å². The molecule has 42 valence electrons. The van der Waals surface area contributed by atoms with Crippen molar-refractivity contribution in [2.75, 3.05) is 18.3 Å². The van der Waals surface area contributed by atoms with Crippen molar-refractivity contribution in [1.29, 1.82) is 0 Å². The van der Waals surface area contributed by atoms with Crippen molar-refractivity contribution in [3.05, 3.63) is 12.2 Å². The van der Waals surface area contributed by atoms with Crippen molar-refractivity contribution < 1.29 is 0 Å². The zero-order valence-corrected chi connectivity index (χ0v) is 6.09. The minimum absolute atomic E-state index is 0.598. The van der Waals surface area contributed by atoms with Crippen LogP contribution in [0.4, 0.5) is 0 Å². The van der Waals surface area contributed by atoms with E-state index in [9.17, 15) is 0 Å². The minimum atomic E-state index is 0.598. The quantitative estimate of drug-likeness (QED) is 0.379. The Balaban J connectivity index is 2.97. The van der Waals surface area contributed by atoms with Crippen molar-refractivity contribution in [3.8, 4) is 0 Å². The van der Waals surface area contributed by atoms with E-state index < -0.39 is 0 Å². The van der Waals surface area contributed by atoms with Gasteiger partial charge in [-0.25, -0.2) is 0 Å². The molecule has 0 atom stereocenters. The van der Waals surface area contributed by atoms with Gasteiger partial charge in [0.2, 0.25) is 0 Å². The van der Waals surface area contributed by atoms with Crippen LogP contribution in [0.25, 0.3) is 0 Å². The first-order valence-corrected chi connectivity index (χ1v) is 4.63. The average Bonchev–Trinajstić information content (AvgIpc) is 1.61. The number of hydrogen-bond donors (Lipinski definition) is 0. The summed E-state index contributed by atoms with van der Waals surface area (Å²) in [4.78, 5) is 0. The lowest BCUT2D eigenvalue weighted by atomic mass is 10.6. The standard InChI is InChI=1S/C6H13S/c1-4-5-6-7(2)3/h4-5H,6H2,1-3H3/q+1/b5-4+. The molecule has 0 aromatic carbocycles. The van der Waals surface area contributed by atoms with Crippen LogP contribution in [0.1, 0.15) is 6.92 Å². The highest BCUT2D eigenvalue weighted by molar-refractivity contribution is 7.95. The molecule has 0 aromatic rings. The van der Waals surface area contributed by atoms with Crippen LogP contribution in [0.15, 0.2) is 12.2 Å². The zero-order valence-electron chi connectivity index (χ0n) is 5.27. The third kappa shape index (κ3) is 6.09. The lowest BCUT2D eigenvalue weighted by Gasteiger charge is -1.84. The maximum Gasteiger partial charge on any atom is 0.125 e. The van der Waals surface area contributed by atoms with E-state index in [0.29, 0.717) is 10.9 Å². The summed E-state index contributed by atoms with van der Waals surface area (Å²) in [5, 5.41) is 0. The molecule has 0 aliphatic carbocycles. The molecule has 0 amide bonds. The summed E-state index contributed by atoms with van der Waals surface area (Å²) in [6.45, 7) is 2.06. The van der Waals surface area contributed by atoms with Gasteiger partial charge in [-0.15, -0.1) is 0 Å². The number of allylic oxidation sites excluding steroid dienone is 1. The zero-order chi connectivity index (χ0) is 5.70. The van der Waals surface area contributed by atoms with Gasteiger partial charge >= 0.3 is 0 Å². The molecule has 1 heteroatoms. The van der Waals surface area contributed by atoms with E-state index in [4.69, 9.17) is 0 Å². The number of hydrogen-bond acceptors (Lipinski definition) is 0. The van der Waals surface area contributed by atoms with Crippen molar-refractivity contribution in [3.63, 3.8) is 0 Å². The average molecular weight is 117 g/mol. The highest BCUT2D eigenvalue weighted by Gasteiger charge is 1.93. The molecule has 0 nitrogen and oxygen atoms in total. The Kier molecular flexibility index (Phi) is 4.31. The fraction of sp³-hybridized carbons (Fsp3) is 0.667. The Morgan fingerprint density at radius 1 is 1.43 bits per heavy atom. The molecule has 0 radical (unpaired) electrons. The Hall–Kier alpha value is 0.0900. The molecule has 0 spiro atoms. The lowest BCUT2D eigenvalue weighted by molar-refractivity contribution is 1.64. The van der Waals surface area contributed by atoms with E-state index in [-0.39, 0.29) is 0 Å². The molecule has 0 bridgehead atoms. The molecular weight excluding hydrogens is 104 g/mol. The van der Waals surface area contributed by atoms with Crippen LogP contribution < -0.4 is 0 Å². The van der Waals surface area contributed by atoms with Crippen LogP contribution in [0, 0.1) is 0 Å². The fourth-order valence-corrected chi connectivity index (χ4v) is 0.866. The Morgan fingerprint density at radius 3 is 2.14 bits per heavy atom. The molecule has 7 heavy (non-hydrogen) atoms. The van der Waals surface area contributed by atoms with Gasteiger partial charge < -0.3 is 0 Å². The van der Waals surface area contributed by atoms with Crippen LogP contribution in [0.5, 0.6) is 0 Å². The van der Waals surface area contributed by atoms with Crippen molar-refractivity contribution >= 4 is 10.9 Å².